The summed E-state index contributed by atoms with van der Waals surface area (Å²) < 4.78 is 0. The summed E-state index contributed by atoms with van der Waals surface area (Å²) in [6, 6.07) is 0. The van der Waals surface area contributed by atoms with E-state index in [1.165, 1.54) is 0 Å². The average Bonchev–Trinajstić information content (AvgIpc) is 2.52. The van der Waals surface area contributed by atoms with Crippen LogP contribution in [0.1, 0.15) is 20.3 Å². The van der Waals surface area contributed by atoms with Gasteiger partial charge in [0.1, 0.15) is 0 Å². The van der Waals surface area contributed by atoms with Crippen molar-refractivity contribution in [2.45, 2.75) is 26.4 Å². The quantitative estimate of drug-likeness (QED) is 0.543. The molecule has 0 aromatic heterocycles. The SMILES string of the molecule is CC(C)C1CCN2NNC=C2C1O. The predicted octanol–water partition coefficient (Wildman–Crippen LogP) is 0.189. The highest BCUT2D eigenvalue weighted by Gasteiger charge is 2.35. The number of hydrazine groups is 2. The average molecular weight is 183 g/mol. The minimum atomic E-state index is -0.323. The molecule has 2 aliphatic heterocycles. The number of hydrogen-bond acceptors (Lipinski definition) is 4. The second-order valence-corrected chi connectivity index (χ2v) is 4.12. The van der Waals surface area contributed by atoms with Crippen molar-refractivity contribution in [2.24, 2.45) is 11.8 Å². The van der Waals surface area contributed by atoms with Crippen molar-refractivity contribution in [3.63, 3.8) is 0 Å². The van der Waals surface area contributed by atoms with Gasteiger partial charge in [-0.1, -0.05) is 13.8 Å². The maximum atomic E-state index is 10.0. The fourth-order valence-electron chi connectivity index (χ4n) is 2.11. The summed E-state index contributed by atoms with van der Waals surface area (Å²) in [5.41, 5.74) is 6.86. The second-order valence-electron chi connectivity index (χ2n) is 4.12. The fraction of sp³-hybridized carbons (Fsp3) is 0.778. The summed E-state index contributed by atoms with van der Waals surface area (Å²) in [5.74, 6) is 0.933. The summed E-state index contributed by atoms with van der Waals surface area (Å²) in [6.45, 7) is 5.30. The summed E-state index contributed by atoms with van der Waals surface area (Å²) in [5, 5.41) is 12.0. The molecule has 2 unspecified atom stereocenters. The van der Waals surface area contributed by atoms with Gasteiger partial charge in [0.2, 0.25) is 0 Å². The molecule has 0 spiro atoms. The van der Waals surface area contributed by atoms with Crippen molar-refractivity contribution >= 4 is 0 Å². The Morgan fingerprint density at radius 3 is 3.08 bits per heavy atom. The van der Waals surface area contributed by atoms with Crippen molar-refractivity contribution in [3.8, 4) is 0 Å². The lowest BCUT2D eigenvalue weighted by molar-refractivity contribution is 0.0315. The third-order valence-electron chi connectivity index (χ3n) is 2.98. The number of hydrogen-bond donors (Lipinski definition) is 3. The smallest absolute Gasteiger partial charge is 0.0997 e. The first-order valence-electron chi connectivity index (χ1n) is 4.87. The maximum absolute atomic E-state index is 10.0. The van der Waals surface area contributed by atoms with Crippen LogP contribution in [0.4, 0.5) is 0 Å². The lowest BCUT2D eigenvalue weighted by Crippen LogP contribution is -2.47. The monoisotopic (exact) mass is 183 g/mol. The van der Waals surface area contributed by atoms with E-state index in [-0.39, 0.29) is 6.10 Å². The van der Waals surface area contributed by atoms with Crippen molar-refractivity contribution in [3.05, 3.63) is 11.9 Å². The van der Waals surface area contributed by atoms with Crippen LogP contribution in [0.25, 0.3) is 0 Å². The standard InChI is InChI=1S/C9H17N3O/c1-6(2)7-3-4-12-8(9(7)13)5-10-11-12/h5-7,9-11,13H,3-4H2,1-2H3. The molecule has 4 heteroatoms. The van der Waals surface area contributed by atoms with E-state index in [0.717, 1.165) is 18.7 Å². The van der Waals surface area contributed by atoms with Crippen LogP contribution in [0.3, 0.4) is 0 Å². The fourth-order valence-corrected chi connectivity index (χ4v) is 2.11. The van der Waals surface area contributed by atoms with Gasteiger partial charge in [-0.05, 0) is 18.3 Å². The van der Waals surface area contributed by atoms with E-state index in [9.17, 15) is 5.11 Å². The number of piperidine rings is 1. The van der Waals surface area contributed by atoms with Gasteiger partial charge in [0.25, 0.3) is 0 Å². The molecule has 0 aliphatic carbocycles. The Labute approximate surface area is 78.6 Å². The molecule has 4 nitrogen and oxygen atoms in total. The Kier molecular flexibility index (Phi) is 2.17. The zero-order chi connectivity index (χ0) is 9.42. The number of aliphatic hydroxyl groups excluding tert-OH is 1. The molecule has 3 N–H and O–H groups in total. The number of nitrogens with zero attached hydrogens (tertiary/aromatic N) is 1. The van der Waals surface area contributed by atoms with E-state index < -0.39 is 0 Å². The zero-order valence-electron chi connectivity index (χ0n) is 8.12. The van der Waals surface area contributed by atoms with Crippen LogP contribution in [0, 0.1) is 11.8 Å². The molecule has 0 radical (unpaired) electrons. The summed E-state index contributed by atoms with van der Waals surface area (Å²) in [7, 11) is 0. The number of fused-ring (bicyclic) bond motifs is 1. The van der Waals surface area contributed by atoms with E-state index in [0.29, 0.717) is 11.8 Å². The van der Waals surface area contributed by atoms with Gasteiger partial charge < -0.3 is 10.5 Å². The highest BCUT2D eigenvalue weighted by molar-refractivity contribution is 5.12. The van der Waals surface area contributed by atoms with Gasteiger partial charge in [-0.25, -0.2) is 0 Å². The van der Waals surface area contributed by atoms with Crippen LogP contribution in [-0.4, -0.2) is 22.8 Å². The second kappa shape index (κ2) is 3.20. The topological polar surface area (TPSA) is 47.5 Å². The molecular weight excluding hydrogens is 166 g/mol. The van der Waals surface area contributed by atoms with Crippen LogP contribution in [-0.2, 0) is 0 Å². The van der Waals surface area contributed by atoms with Crippen LogP contribution < -0.4 is 11.0 Å². The third-order valence-corrected chi connectivity index (χ3v) is 2.98. The first-order chi connectivity index (χ1) is 6.20. The highest BCUT2D eigenvalue weighted by Crippen LogP contribution is 2.30. The molecule has 2 atom stereocenters. The summed E-state index contributed by atoms with van der Waals surface area (Å²) >= 11 is 0. The number of nitrogens with one attached hydrogen (secondary N) is 2. The normalized spacial score (nSPS) is 32.9. The molecule has 1 fully saturated rings. The molecular formula is C9H17N3O. The molecule has 0 bridgehead atoms. The predicted molar refractivity (Wildman–Crippen MR) is 50.0 cm³/mol. The van der Waals surface area contributed by atoms with E-state index >= 15 is 0 Å². The first-order valence-corrected chi connectivity index (χ1v) is 4.87. The van der Waals surface area contributed by atoms with Crippen molar-refractivity contribution in [1.82, 2.24) is 16.0 Å². The first kappa shape index (κ1) is 8.84. The molecule has 2 aliphatic rings. The van der Waals surface area contributed by atoms with E-state index in [4.69, 9.17) is 0 Å². The van der Waals surface area contributed by atoms with E-state index in [1.807, 2.05) is 11.2 Å². The largest absolute Gasteiger partial charge is 0.386 e. The van der Waals surface area contributed by atoms with Crippen LogP contribution in [0.5, 0.6) is 0 Å². The number of rotatable bonds is 1. The van der Waals surface area contributed by atoms with Crippen LogP contribution >= 0.6 is 0 Å². The highest BCUT2D eigenvalue weighted by atomic mass is 16.3. The van der Waals surface area contributed by atoms with Crippen molar-refractivity contribution < 1.29 is 5.11 Å². The number of aliphatic hydroxyl groups is 1. The van der Waals surface area contributed by atoms with Gasteiger partial charge in [0.15, 0.2) is 0 Å². The van der Waals surface area contributed by atoms with Gasteiger partial charge in [-0.2, -0.15) is 0 Å². The molecule has 74 valence electrons. The molecule has 0 saturated carbocycles. The van der Waals surface area contributed by atoms with Gasteiger partial charge in [0.05, 0.1) is 11.8 Å². The molecule has 0 amide bonds. The van der Waals surface area contributed by atoms with E-state index in [1.54, 1.807) is 0 Å². The van der Waals surface area contributed by atoms with Crippen LogP contribution in [0.15, 0.2) is 11.9 Å². The summed E-state index contributed by atoms with van der Waals surface area (Å²) in [6.07, 6.45) is 2.57. The third kappa shape index (κ3) is 1.40. The molecule has 2 rings (SSSR count). The summed E-state index contributed by atoms with van der Waals surface area (Å²) in [4.78, 5) is 0. The van der Waals surface area contributed by atoms with Gasteiger partial charge >= 0.3 is 0 Å². The Morgan fingerprint density at radius 2 is 2.38 bits per heavy atom. The molecule has 13 heavy (non-hydrogen) atoms. The van der Waals surface area contributed by atoms with Crippen molar-refractivity contribution in [1.29, 1.82) is 0 Å². The Bertz CT molecular complexity index is 227. The molecule has 1 saturated heterocycles. The minimum Gasteiger partial charge on any atom is -0.386 e. The van der Waals surface area contributed by atoms with Gasteiger partial charge in [0, 0.05) is 12.7 Å². The van der Waals surface area contributed by atoms with E-state index in [2.05, 4.69) is 24.8 Å². The lowest BCUT2D eigenvalue weighted by atomic mass is 9.83. The lowest BCUT2D eigenvalue weighted by Gasteiger charge is -2.37. The van der Waals surface area contributed by atoms with Gasteiger partial charge in [-0.15, -0.1) is 5.53 Å². The van der Waals surface area contributed by atoms with Crippen LogP contribution in [0.2, 0.25) is 0 Å². The Morgan fingerprint density at radius 1 is 1.62 bits per heavy atom. The Hall–Kier alpha value is -0.740. The zero-order valence-corrected chi connectivity index (χ0v) is 8.12. The molecule has 2 heterocycles. The minimum absolute atomic E-state index is 0.323. The Balaban J connectivity index is 2.12. The maximum Gasteiger partial charge on any atom is 0.0997 e. The molecule has 0 aromatic carbocycles. The van der Waals surface area contributed by atoms with Gasteiger partial charge in [-0.3, -0.25) is 5.01 Å². The van der Waals surface area contributed by atoms with Crippen molar-refractivity contribution in [2.75, 3.05) is 6.54 Å². The molecule has 0 aromatic rings.